The Labute approximate surface area is 201 Å². The molecule has 34 heavy (non-hydrogen) atoms. The monoisotopic (exact) mass is 516 g/mol. The number of alkyl halides is 2. The summed E-state index contributed by atoms with van der Waals surface area (Å²) < 4.78 is 59.4. The molecule has 2 saturated heterocycles. The summed E-state index contributed by atoms with van der Waals surface area (Å²) in [5.41, 5.74) is -0.179. The Morgan fingerprint density at radius 2 is 1.88 bits per heavy atom. The fourth-order valence-corrected chi connectivity index (χ4v) is 5.98. The summed E-state index contributed by atoms with van der Waals surface area (Å²) in [4.78, 5) is 12.8. The van der Waals surface area contributed by atoms with Crippen LogP contribution >= 0.6 is 11.6 Å². The maximum absolute atomic E-state index is 12.9. The second-order valence-electron chi connectivity index (χ2n) is 8.59. The van der Waals surface area contributed by atoms with E-state index in [0.29, 0.717) is 37.6 Å². The van der Waals surface area contributed by atoms with Crippen LogP contribution in [0.1, 0.15) is 43.7 Å². The normalized spacial score (nSPS) is 20.5. The summed E-state index contributed by atoms with van der Waals surface area (Å²) in [5, 5.41) is 7.53. The lowest BCUT2D eigenvalue weighted by Crippen LogP contribution is -2.41. The van der Waals surface area contributed by atoms with Crippen LogP contribution in [-0.2, 0) is 14.8 Å². The van der Waals surface area contributed by atoms with Crippen LogP contribution in [0.25, 0.3) is 0 Å². The van der Waals surface area contributed by atoms with Crippen molar-refractivity contribution in [3.05, 3.63) is 51.4 Å². The zero-order valence-corrected chi connectivity index (χ0v) is 20.1. The summed E-state index contributed by atoms with van der Waals surface area (Å²) >= 11 is 6.32. The minimum atomic E-state index is -3.82. The predicted octanol–water partition coefficient (Wildman–Crippen LogP) is 3.70. The highest BCUT2D eigenvalue weighted by atomic mass is 35.5. The van der Waals surface area contributed by atoms with E-state index in [1.165, 1.54) is 27.3 Å². The smallest absolute Gasteiger partial charge is 0.287 e. The van der Waals surface area contributed by atoms with E-state index >= 15 is 0 Å². The highest BCUT2D eigenvalue weighted by molar-refractivity contribution is 7.89. The molecular formula is C22H27ClF2N4O4S. The molecular weight excluding hydrogens is 490 g/mol. The van der Waals surface area contributed by atoms with Crippen LogP contribution < -0.4 is 10.9 Å². The van der Waals surface area contributed by atoms with Gasteiger partial charge in [-0.3, -0.25) is 4.79 Å². The molecule has 3 heterocycles. The fraction of sp³-hybridized carbons (Fsp3) is 0.545. The Morgan fingerprint density at radius 3 is 2.50 bits per heavy atom. The van der Waals surface area contributed by atoms with Crippen molar-refractivity contribution in [2.24, 2.45) is 5.92 Å². The summed E-state index contributed by atoms with van der Waals surface area (Å²) in [7, 11) is -3.82. The number of nitrogens with zero attached hydrogens (tertiary/aromatic N) is 3. The number of benzene rings is 1. The third kappa shape index (κ3) is 5.42. The number of anilines is 1. The Hall–Kier alpha value is -2.08. The van der Waals surface area contributed by atoms with Gasteiger partial charge in [0.2, 0.25) is 10.0 Å². The minimum absolute atomic E-state index is 0.0347. The molecule has 1 aromatic heterocycles. The van der Waals surface area contributed by atoms with Gasteiger partial charge in [0.25, 0.3) is 12.0 Å². The summed E-state index contributed by atoms with van der Waals surface area (Å²) in [6, 6.07) is 4.33. The molecule has 2 aliphatic rings. The summed E-state index contributed by atoms with van der Waals surface area (Å²) in [6.07, 6.45) is 1.68. The summed E-state index contributed by atoms with van der Waals surface area (Å²) in [5.74, 6) is 0.352. The predicted molar refractivity (Wildman–Crippen MR) is 124 cm³/mol. The average Bonchev–Trinajstić information content (AvgIpc) is 2.86. The number of sulfonamides is 1. The standard InChI is InChI=1S/C22H27ClF2N4O4S/c23-20-19(26-12-15-2-1-11-33-14-15)13-27-29(22(20)30)17-7-9-28(10-8-17)34(31,32)18-5-3-16(4-6-18)21(24)25/h3-6,13,15,17,21,26H,1-2,7-12,14H2/t15-/m1/s1. The number of nitrogens with one attached hydrogen (secondary N) is 1. The van der Waals surface area contributed by atoms with E-state index in [1.807, 2.05) is 0 Å². The average molecular weight is 517 g/mol. The highest BCUT2D eigenvalue weighted by Crippen LogP contribution is 2.28. The molecule has 2 fully saturated rings. The topological polar surface area (TPSA) is 93.5 Å². The van der Waals surface area contributed by atoms with E-state index in [0.717, 1.165) is 31.6 Å². The van der Waals surface area contributed by atoms with Crippen molar-refractivity contribution < 1.29 is 21.9 Å². The van der Waals surface area contributed by atoms with E-state index in [2.05, 4.69) is 10.4 Å². The van der Waals surface area contributed by atoms with Crippen molar-refractivity contribution in [1.29, 1.82) is 0 Å². The largest absolute Gasteiger partial charge is 0.382 e. The first-order chi connectivity index (χ1) is 16.3. The van der Waals surface area contributed by atoms with E-state index in [9.17, 15) is 22.0 Å². The van der Waals surface area contributed by atoms with Gasteiger partial charge in [-0.2, -0.15) is 9.40 Å². The molecule has 0 aliphatic carbocycles. The quantitative estimate of drug-likeness (QED) is 0.603. The van der Waals surface area contributed by atoms with Gasteiger partial charge in [-0.25, -0.2) is 21.9 Å². The Bertz CT molecular complexity index is 1150. The highest BCUT2D eigenvalue weighted by Gasteiger charge is 2.31. The first-order valence-electron chi connectivity index (χ1n) is 11.2. The van der Waals surface area contributed by atoms with Gasteiger partial charge in [-0.1, -0.05) is 23.7 Å². The molecule has 8 nitrogen and oxygen atoms in total. The molecule has 186 valence electrons. The van der Waals surface area contributed by atoms with Crippen LogP contribution in [-0.4, -0.2) is 55.4 Å². The van der Waals surface area contributed by atoms with Gasteiger partial charge in [-0.05, 0) is 43.7 Å². The van der Waals surface area contributed by atoms with E-state index in [1.54, 1.807) is 0 Å². The van der Waals surface area contributed by atoms with Crippen molar-refractivity contribution >= 4 is 27.3 Å². The van der Waals surface area contributed by atoms with E-state index in [4.69, 9.17) is 16.3 Å². The molecule has 0 amide bonds. The third-order valence-corrected chi connectivity index (χ3v) is 8.60. The summed E-state index contributed by atoms with van der Waals surface area (Å²) in [6.45, 7) is 2.44. The molecule has 4 rings (SSSR count). The Balaban J connectivity index is 1.39. The second kappa shape index (κ2) is 10.7. The van der Waals surface area contributed by atoms with Crippen LogP contribution in [0.2, 0.25) is 5.02 Å². The van der Waals surface area contributed by atoms with E-state index in [-0.39, 0.29) is 34.6 Å². The number of aromatic nitrogens is 2. The van der Waals surface area contributed by atoms with Crippen molar-refractivity contribution in [3.8, 4) is 0 Å². The van der Waals surface area contributed by atoms with Gasteiger partial charge in [0.1, 0.15) is 5.02 Å². The van der Waals surface area contributed by atoms with Crippen LogP contribution in [0.4, 0.5) is 14.5 Å². The van der Waals surface area contributed by atoms with Gasteiger partial charge in [0, 0.05) is 31.8 Å². The zero-order valence-electron chi connectivity index (χ0n) is 18.5. The van der Waals surface area contributed by atoms with Crippen molar-refractivity contribution in [3.63, 3.8) is 0 Å². The molecule has 0 bridgehead atoms. The van der Waals surface area contributed by atoms with Crippen molar-refractivity contribution in [2.45, 2.75) is 43.0 Å². The van der Waals surface area contributed by atoms with Crippen molar-refractivity contribution in [1.82, 2.24) is 14.1 Å². The molecule has 0 radical (unpaired) electrons. The molecule has 0 spiro atoms. The maximum atomic E-state index is 12.9. The van der Waals surface area contributed by atoms with E-state index < -0.39 is 22.0 Å². The first-order valence-corrected chi connectivity index (χ1v) is 13.1. The number of ether oxygens (including phenoxy) is 1. The molecule has 0 unspecified atom stereocenters. The molecule has 12 heteroatoms. The molecule has 1 atom stereocenters. The van der Waals surface area contributed by atoms with Crippen LogP contribution in [0.5, 0.6) is 0 Å². The molecule has 1 aromatic carbocycles. The fourth-order valence-electron chi connectivity index (χ4n) is 4.31. The molecule has 2 aliphatic heterocycles. The first kappa shape index (κ1) is 25.0. The minimum Gasteiger partial charge on any atom is -0.382 e. The van der Waals surface area contributed by atoms with Gasteiger partial charge < -0.3 is 10.1 Å². The third-order valence-electron chi connectivity index (χ3n) is 6.32. The van der Waals surface area contributed by atoms with Crippen LogP contribution in [0, 0.1) is 5.92 Å². The Kier molecular flexibility index (Phi) is 7.86. The molecule has 1 N–H and O–H groups in total. The lowest BCUT2D eigenvalue weighted by atomic mass is 10.0. The number of halogens is 3. The van der Waals surface area contributed by atoms with Crippen molar-refractivity contribution in [2.75, 3.05) is 38.2 Å². The Morgan fingerprint density at radius 1 is 1.18 bits per heavy atom. The lowest BCUT2D eigenvalue weighted by molar-refractivity contribution is 0.0595. The molecule has 0 saturated carbocycles. The van der Waals surface area contributed by atoms with Gasteiger partial charge >= 0.3 is 0 Å². The van der Waals surface area contributed by atoms with Crippen LogP contribution in [0.3, 0.4) is 0 Å². The zero-order chi connectivity index (χ0) is 24.3. The van der Waals surface area contributed by atoms with Gasteiger partial charge in [-0.15, -0.1) is 0 Å². The lowest BCUT2D eigenvalue weighted by Gasteiger charge is -2.31. The maximum Gasteiger partial charge on any atom is 0.287 e. The number of rotatable bonds is 7. The second-order valence-corrected chi connectivity index (χ2v) is 10.9. The molecule has 2 aromatic rings. The van der Waals surface area contributed by atoms with Crippen LogP contribution in [0.15, 0.2) is 40.2 Å². The van der Waals surface area contributed by atoms with Gasteiger partial charge in [0.15, 0.2) is 0 Å². The number of hydrogen-bond acceptors (Lipinski definition) is 6. The number of piperidine rings is 1. The SMILES string of the molecule is O=c1c(Cl)c(NC[C@H]2CCCOC2)cnn1C1CCN(S(=O)(=O)c2ccc(C(F)F)cc2)CC1. The number of hydrogen-bond donors (Lipinski definition) is 1. The van der Waals surface area contributed by atoms with Gasteiger partial charge in [0.05, 0.1) is 29.4 Å².